The zero-order valence-electron chi connectivity index (χ0n) is 10.1. The molecule has 0 amide bonds. The van der Waals surface area contributed by atoms with Crippen molar-refractivity contribution in [2.75, 3.05) is 0 Å². The molecule has 0 saturated heterocycles. The Morgan fingerprint density at radius 2 is 2.25 bits per heavy atom. The van der Waals surface area contributed by atoms with Crippen LogP contribution in [0.5, 0.6) is 0 Å². The van der Waals surface area contributed by atoms with Crippen LogP contribution in [0, 0.1) is 0 Å². The first-order valence-corrected chi connectivity index (χ1v) is 5.22. The van der Waals surface area contributed by atoms with Crippen molar-refractivity contribution < 1.29 is 14.6 Å². The van der Waals surface area contributed by atoms with Crippen molar-refractivity contribution in [1.82, 2.24) is 9.55 Å². The Morgan fingerprint density at radius 3 is 2.75 bits per heavy atom. The summed E-state index contributed by atoms with van der Waals surface area (Å²) in [7, 11) is 0. The maximum atomic E-state index is 11.6. The van der Waals surface area contributed by atoms with E-state index in [0.717, 1.165) is 0 Å². The van der Waals surface area contributed by atoms with Gasteiger partial charge >= 0.3 is 6.09 Å². The number of aliphatic hydroxyl groups is 1. The lowest BCUT2D eigenvalue weighted by Crippen LogP contribution is -2.26. The van der Waals surface area contributed by atoms with Gasteiger partial charge < -0.3 is 9.84 Å². The molecule has 0 bridgehead atoms. The van der Waals surface area contributed by atoms with Crippen LogP contribution in [0.15, 0.2) is 12.5 Å². The summed E-state index contributed by atoms with van der Waals surface area (Å²) in [5, 5.41) is 9.17. The van der Waals surface area contributed by atoms with Crippen LogP contribution in [-0.4, -0.2) is 32.5 Å². The summed E-state index contributed by atoms with van der Waals surface area (Å²) < 4.78 is 6.44. The number of carbonyl (C=O) groups is 1. The van der Waals surface area contributed by atoms with Crippen LogP contribution in [-0.2, 0) is 11.2 Å². The number of hydrogen-bond acceptors (Lipinski definition) is 4. The monoisotopic (exact) mass is 226 g/mol. The molecule has 0 aliphatic carbocycles. The summed E-state index contributed by atoms with van der Waals surface area (Å²) in [6.07, 6.45) is 2.46. The van der Waals surface area contributed by atoms with E-state index < -0.39 is 17.8 Å². The summed E-state index contributed by atoms with van der Waals surface area (Å²) in [6.45, 7) is 7.09. The predicted molar refractivity (Wildman–Crippen MR) is 59.2 cm³/mol. The van der Waals surface area contributed by atoms with E-state index in [1.165, 1.54) is 10.9 Å². The van der Waals surface area contributed by atoms with Gasteiger partial charge in [-0.25, -0.2) is 14.3 Å². The average Bonchev–Trinajstić information content (AvgIpc) is 2.48. The predicted octanol–water partition coefficient (Wildman–Crippen LogP) is 1.59. The Labute approximate surface area is 95.1 Å². The van der Waals surface area contributed by atoms with Crippen molar-refractivity contribution in [1.29, 1.82) is 0 Å². The SMILES string of the molecule is C[C@H](O)Cc1cn(C(=O)OC(C)(C)C)cn1. The fraction of sp³-hybridized carbons (Fsp3) is 0.636. The number of nitrogens with zero attached hydrogens (tertiary/aromatic N) is 2. The number of imidazole rings is 1. The van der Waals surface area contributed by atoms with Crippen molar-refractivity contribution in [2.24, 2.45) is 0 Å². The molecule has 0 fully saturated rings. The molecular formula is C11H18N2O3. The number of carbonyl (C=O) groups excluding carboxylic acids is 1. The third-order valence-electron chi connectivity index (χ3n) is 1.74. The topological polar surface area (TPSA) is 64.4 Å². The van der Waals surface area contributed by atoms with Gasteiger partial charge in [-0.3, -0.25) is 0 Å². The molecule has 1 rings (SSSR count). The molecule has 0 aliphatic rings. The van der Waals surface area contributed by atoms with Gasteiger partial charge in [0.15, 0.2) is 0 Å². The molecule has 90 valence electrons. The van der Waals surface area contributed by atoms with Gasteiger partial charge in [-0.05, 0) is 27.7 Å². The van der Waals surface area contributed by atoms with Crippen LogP contribution in [0.25, 0.3) is 0 Å². The van der Waals surface area contributed by atoms with E-state index in [1.807, 2.05) is 0 Å². The molecule has 0 saturated carbocycles. The van der Waals surface area contributed by atoms with Crippen LogP contribution < -0.4 is 0 Å². The molecule has 1 heterocycles. The third kappa shape index (κ3) is 4.02. The van der Waals surface area contributed by atoms with Crippen molar-refractivity contribution in [3.05, 3.63) is 18.2 Å². The lowest BCUT2D eigenvalue weighted by Gasteiger charge is -2.19. The van der Waals surface area contributed by atoms with Gasteiger partial charge in [0.1, 0.15) is 11.9 Å². The van der Waals surface area contributed by atoms with E-state index >= 15 is 0 Å². The minimum absolute atomic E-state index is 0.426. The molecule has 5 nitrogen and oxygen atoms in total. The highest BCUT2D eigenvalue weighted by Gasteiger charge is 2.18. The molecule has 16 heavy (non-hydrogen) atoms. The normalized spacial score (nSPS) is 13.6. The molecule has 0 spiro atoms. The molecule has 5 heteroatoms. The Hall–Kier alpha value is -1.36. The Morgan fingerprint density at radius 1 is 1.62 bits per heavy atom. The first-order valence-electron chi connectivity index (χ1n) is 5.22. The first kappa shape index (κ1) is 12.7. The van der Waals surface area contributed by atoms with Gasteiger partial charge in [0.05, 0.1) is 11.8 Å². The zero-order chi connectivity index (χ0) is 12.3. The number of ether oxygens (including phenoxy) is 1. The molecule has 0 radical (unpaired) electrons. The lowest BCUT2D eigenvalue weighted by molar-refractivity contribution is 0.0536. The Kier molecular flexibility index (Phi) is 3.70. The highest BCUT2D eigenvalue weighted by Crippen LogP contribution is 2.09. The number of aromatic nitrogens is 2. The summed E-state index contributed by atoms with van der Waals surface area (Å²) in [5.74, 6) is 0. The van der Waals surface area contributed by atoms with Gasteiger partial charge in [0.2, 0.25) is 0 Å². The van der Waals surface area contributed by atoms with Crippen molar-refractivity contribution in [2.45, 2.75) is 45.8 Å². The number of aliphatic hydroxyl groups excluding tert-OH is 1. The largest absolute Gasteiger partial charge is 0.443 e. The molecule has 1 aromatic heterocycles. The van der Waals surface area contributed by atoms with E-state index in [4.69, 9.17) is 4.74 Å². The standard InChI is InChI=1S/C11H18N2O3/c1-8(14)5-9-6-13(7-12-9)10(15)16-11(2,3)4/h6-8,14H,5H2,1-4H3/t8-/m0/s1. The second kappa shape index (κ2) is 4.65. The fourth-order valence-electron chi connectivity index (χ4n) is 1.19. The van der Waals surface area contributed by atoms with Crippen molar-refractivity contribution in [3.63, 3.8) is 0 Å². The summed E-state index contributed by atoms with van der Waals surface area (Å²) in [5.41, 5.74) is 0.145. The van der Waals surface area contributed by atoms with E-state index in [1.54, 1.807) is 33.9 Å². The second-order valence-electron chi connectivity index (χ2n) is 4.81. The summed E-state index contributed by atoms with van der Waals surface area (Å²) in [6, 6.07) is 0. The first-order chi connectivity index (χ1) is 7.28. The van der Waals surface area contributed by atoms with E-state index in [0.29, 0.717) is 12.1 Å². The Bertz CT molecular complexity index is 364. The summed E-state index contributed by atoms with van der Waals surface area (Å²) in [4.78, 5) is 15.6. The third-order valence-corrected chi connectivity index (χ3v) is 1.74. The molecule has 1 N–H and O–H groups in total. The number of hydrogen-bond donors (Lipinski definition) is 1. The van der Waals surface area contributed by atoms with Crippen LogP contribution in [0.1, 0.15) is 33.4 Å². The van der Waals surface area contributed by atoms with Crippen LogP contribution >= 0.6 is 0 Å². The molecule has 1 aromatic rings. The average molecular weight is 226 g/mol. The van der Waals surface area contributed by atoms with Crippen molar-refractivity contribution >= 4 is 6.09 Å². The van der Waals surface area contributed by atoms with E-state index in [9.17, 15) is 9.90 Å². The zero-order valence-corrected chi connectivity index (χ0v) is 10.1. The highest BCUT2D eigenvalue weighted by atomic mass is 16.6. The van der Waals surface area contributed by atoms with Gasteiger partial charge in [-0.15, -0.1) is 0 Å². The fourth-order valence-corrected chi connectivity index (χ4v) is 1.19. The smallest absolute Gasteiger partial charge is 0.419 e. The maximum absolute atomic E-state index is 11.6. The van der Waals surface area contributed by atoms with Gasteiger partial charge in [-0.2, -0.15) is 0 Å². The minimum Gasteiger partial charge on any atom is -0.443 e. The highest BCUT2D eigenvalue weighted by molar-refractivity contribution is 5.70. The maximum Gasteiger partial charge on any atom is 0.419 e. The second-order valence-corrected chi connectivity index (χ2v) is 4.81. The molecular weight excluding hydrogens is 208 g/mol. The molecule has 0 unspecified atom stereocenters. The lowest BCUT2D eigenvalue weighted by atomic mass is 10.2. The minimum atomic E-state index is -0.522. The van der Waals surface area contributed by atoms with Gasteiger partial charge in [-0.1, -0.05) is 0 Å². The van der Waals surface area contributed by atoms with Gasteiger partial charge in [0.25, 0.3) is 0 Å². The van der Waals surface area contributed by atoms with Crippen LogP contribution in [0.4, 0.5) is 4.79 Å². The molecule has 0 aliphatic heterocycles. The van der Waals surface area contributed by atoms with Crippen molar-refractivity contribution in [3.8, 4) is 0 Å². The van der Waals surface area contributed by atoms with Crippen LogP contribution in [0.3, 0.4) is 0 Å². The number of rotatable bonds is 2. The van der Waals surface area contributed by atoms with E-state index in [2.05, 4.69) is 4.98 Å². The Balaban J connectivity index is 2.67. The van der Waals surface area contributed by atoms with E-state index in [-0.39, 0.29) is 0 Å². The van der Waals surface area contributed by atoms with Gasteiger partial charge in [0, 0.05) is 12.6 Å². The molecule has 1 atom stereocenters. The van der Waals surface area contributed by atoms with Crippen LogP contribution in [0.2, 0.25) is 0 Å². The molecule has 0 aromatic carbocycles. The quantitative estimate of drug-likeness (QED) is 0.831. The summed E-state index contributed by atoms with van der Waals surface area (Å²) >= 11 is 0.